The van der Waals surface area contributed by atoms with Crippen molar-refractivity contribution in [3.05, 3.63) is 0 Å². The first-order valence-electron chi connectivity index (χ1n) is 1.56. The smallest absolute Gasteiger partial charge is 0.166 e. The number of rotatable bonds is 1. The molecule has 1 nitrogen and oxygen atoms in total. The van der Waals surface area contributed by atoms with Crippen LogP contribution in [0.5, 0.6) is 0 Å². The Balaban J connectivity index is 0. The first-order valence-corrected chi connectivity index (χ1v) is 2.56. The minimum absolute atomic E-state index is 0. The fourth-order valence-corrected chi connectivity index (χ4v) is 0. The second-order valence-corrected chi connectivity index (χ2v) is 1.45. The van der Waals surface area contributed by atoms with Gasteiger partial charge in [0.2, 0.25) is 0 Å². The van der Waals surface area contributed by atoms with Crippen LogP contribution in [0.3, 0.4) is 0 Å². The Morgan fingerprint density at radius 1 is 1.83 bits per heavy atom. The lowest BCUT2D eigenvalue weighted by atomic mass is 10.5. The van der Waals surface area contributed by atoms with E-state index in [1.165, 1.54) is 0 Å². The van der Waals surface area contributed by atoms with Crippen molar-refractivity contribution < 1.29 is 21.8 Å². The van der Waals surface area contributed by atoms with Crippen LogP contribution in [0.1, 0.15) is 6.92 Å². The van der Waals surface area contributed by atoms with E-state index < -0.39 is 0 Å². The summed E-state index contributed by atoms with van der Waals surface area (Å²) < 4.78 is 0. The van der Waals surface area contributed by atoms with Gasteiger partial charge in [0.25, 0.3) is 0 Å². The fraction of sp³-hybridized carbons (Fsp3) is 0.667. The van der Waals surface area contributed by atoms with E-state index in [0.717, 1.165) is 0 Å². The van der Waals surface area contributed by atoms with Crippen LogP contribution >= 0.6 is 9.24 Å². The van der Waals surface area contributed by atoms with E-state index in [2.05, 4.69) is 0 Å². The van der Waals surface area contributed by atoms with Crippen LogP contribution in [0.2, 0.25) is 0 Å². The molecule has 0 aromatic rings. The molecule has 3 heteroatoms. The quantitative estimate of drug-likeness (QED) is 0.389. The maximum atomic E-state index is 9.82. The van der Waals surface area contributed by atoms with Gasteiger partial charge in [0.15, 0.2) is 5.78 Å². The normalized spacial score (nSPS) is 6.83. The first-order chi connectivity index (χ1) is 2.27. The molecule has 0 aliphatic heterocycles. The second-order valence-electron chi connectivity index (χ2n) is 0.952. The van der Waals surface area contributed by atoms with Gasteiger partial charge in [-0.05, 0) is 16.2 Å². The summed E-state index contributed by atoms with van der Waals surface area (Å²) in [7, 11) is 1.68. The van der Waals surface area contributed by atoms with E-state index in [4.69, 9.17) is 0 Å². The van der Waals surface area contributed by atoms with Crippen molar-refractivity contribution in [2.24, 2.45) is 0 Å². The third-order valence-corrected chi connectivity index (χ3v) is 1.06. The first kappa shape index (κ1) is 9.77. The predicted molar refractivity (Wildman–Crippen MR) is 26.7 cm³/mol. The lowest BCUT2D eigenvalue weighted by Crippen LogP contribution is -3.00. The minimum Gasteiger partial charge on any atom is -1.00 e. The maximum absolute atomic E-state index is 9.82. The highest BCUT2D eigenvalue weighted by atomic mass is 79.9. The summed E-state index contributed by atoms with van der Waals surface area (Å²) in [5, 5.41) is 0. The van der Waals surface area contributed by atoms with E-state index in [1.807, 2.05) is 0 Å². The molecular weight excluding hydrogens is 163 g/mol. The summed E-state index contributed by atoms with van der Waals surface area (Å²) in [6, 6.07) is 0. The summed E-state index contributed by atoms with van der Waals surface area (Å²) in [5.74, 6) is 0.267. The molecule has 38 valence electrons. The summed E-state index contributed by atoms with van der Waals surface area (Å²) in [6.45, 7) is 1.59. The highest BCUT2D eigenvalue weighted by molar-refractivity contribution is 7.18. The Morgan fingerprint density at radius 3 is 2.00 bits per heavy atom. The Morgan fingerprint density at radius 2 is 2.00 bits per heavy atom. The Labute approximate surface area is 50.5 Å². The van der Waals surface area contributed by atoms with Crippen LogP contribution in [0.15, 0.2) is 0 Å². The van der Waals surface area contributed by atoms with Crippen molar-refractivity contribution in [2.75, 3.05) is 6.16 Å². The Kier molecular flexibility index (Phi) is 9.08. The van der Waals surface area contributed by atoms with Gasteiger partial charge < -0.3 is 17.0 Å². The van der Waals surface area contributed by atoms with E-state index in [0.29, 0.717) is 6.16 Å². The van der Waals surface area contributed by atoms with Crippen LogP contribution in [-0.4, -0.2) is 11.9 Å². The summed E-state index contributed by atoms with van der Waals surface area (Å²) in [6.07, 6.45) is 0.694. The van der Waals surface area contributed by atoms with Crippen LogP contribution in [-0.2, 0) is 4.79 Å². The van der Waals surface area contributed by atoms with Crippen molar-refractivity contribution in [3.8, 4) is 0 Å². The zero-order valence-corrected chi connectivity index (χ0v) is 6.70. The Bertz CT molecular complexity index is 46.1. The van der Waals surface area contributed by atoms with Crippen molar-refractivity contribution >= 4 is 15.0 Å². The lowest BCUT2D eigenvalue weighted by Gasteiger charge is -1.66. The number of hydrogen-bond acceptors (Lipinski definition) is 1. The molecular formula is C3H8BrOP. The molecule has 0 heterocycles. The van der Waals surface area contributed by atoms with Gasteiger partial charge in [0, 0.05) is 0 Å². The standard InChI is InChI=1S/C3H7OP.BrH/c1-3(4)2-5;/h2,5H2,1H3;1H. The molecule has 0 aromatic heterocycles. The van der Waals surface area contributed by atoms with Crippen LogP contribution < -0.4 is 17.0 Å². The molecule has 1 atom stereocenters. The zero-order chi connectivity index (χ0) is 4.28. The number of halogens is 1. The molecule has 0 radical (unpaired) electrons. The van der Waals surface area contributed by atoms with Gasteiger partial charge in [-0.3, -0.25) is 4.79 Å². The molecule has 1 unspecified atom stereocenters. The SMILES string of the molecule is CC(=O)C[PH3+].[Br-]. The molecule has 0 amide bonds. The monoisotopic (exact) mass is 170 g/mol. The molecule has 0 bridgehead atoms. The predicted octanol–water partition coefficient (Wildman–Crippen LogP) is -2.81. The topological polar surface area (TPSA) is 17.1 Å². The molecule has 0 aliphatic rings. The van der Waals surface area contributed by atoms with Crippen LogP contribution in [0, 0.1) is 0 Å². The van der Waals surface area contributed by atoms with Gasteiger partial charge in [0.05, 0.1) is 0 Å². The van der Waals surface area contributed by atoms with E-state index in [-0.39, 0.29) is 22.8 Å². The van der Waals surface area contributed by atoms with E-state index >= 15 is 0 Å². The van der Waals surface area contributed by atoms with Gasteiger partial charge >= 0.3 is 0 Å². The number of Topliss-reactive ketones (excluding diaryl/α,β-unsaturated/α-hetero) is 1. The average molecular weight is 171 g/mol. The summed E-state index contributed by atoms with van der Waals surface area (Å²) in [5.41, 5.74) is 0. The maximum Gasteiger partial charge on any atom is 0.166 e. The van der Waals surface area contributed by atoms with Crippen molar-refractivity contribution in [1.29, 1.82) is 0 Å². The molecule has 6 heavy (non-hydrogen) atoms. The molecule has 0 N–H and O–H groups in total. The van der Waals surface area contributed by atoms with Crippen LogP contribution in [0.25, 0.3) is 0 Å². The van der Waals surface area contributed by atoms with E-state index in [9.17, 15) is 4.79 Å². The largest absolute Gasteiger partial charge is 1.00 e. The molecule has 0 spiro atoms. The number of hydrogen-bond donors (Lipinski definition) is 0. The van der Waals surface area contributed by atoms with E-state index in [1.54, 1.807) is 16.2 Å². The molecule has 0 rings (SSSR count). The molecule has 0 aromatic carbocycles. The van der Waals surface area contributed by atoms with Crippen LogP contribution in [0.4, 0.5) is 0 Å². The highest BCUT2D eigenvalue weighted by Gasteiger charge is 1.82. The molecule has 0 aliphatic carbocycles. The molecule has 0 saturated carbocycles. The molecule has 0 saturated heterocycles. The minimum atomic E-state index is 0. The van der Waals surface area contributed by atoms with Gasteiger partial charge in [-0.15, -0.1) is 0 Å². The van der Waals surface area contributed by atoms with Crippen molar-refractivity contribution in [2.45, 2.75) is 6.92 Å². The summed E-state index contributed by atoms with van der Waals surface area (Å²) in [4.78, 5) is 9.82. The summed E-state index contributed by atoms with van der Waals surface area (Å²) >= 11 is 0. The second kappa shape index (κ2) is 5.58. The third kappa shape index (κ3) is 8.82. The van der Waals surface area contributed by atoms with Gasteiger partial charge in [-0.25, -0.2) is 0 Å². The Hall–Kier alpha value is 0.580. The average Bonchev–Trinajstić information content (AvgIpc) is 1.38. The lowest BCUT2D eigenvalue weighted by molar-refractivity contribution is -0.114. The fourth-order valence-electron chi connectivity index (χ4n) is 0. The number of carbonyl (C=O) groups is 1. The number of carbonyl (C=O) groups excluding carboxylic acids is 1. The van der Waals surface area contributed by atoms with Crippen molar-refractivity contribution in [1.82, 2.24) is 0 Å². The highest BCUT2D eigenvalue weighted by Crippen LogP contribution is 1.77. The van der Waals surface area contributed by atoms with Gasteiger partial charge in [-0.1, -0.05) is 0 Å². The van der Waals surface area contributed by atoms with Gasteiger partial charge in [0.1, 0.15) is 6.16 Å². The zero-order valence-electron chi connectivity index (χ0n) is 3.70. The number of ketones is 1. The van der Waals surface area contributed by atoms with Gasteiger partial charge in [-0.2, -0.15) is 0 Å². The third-order valence-electron chi connectivity index (χ3n) is 0.352. The van der Waals surface area contributed by atoms with Crippen molar-refractivity contribution in [3.63, 3.8) is 0 Å². The molecule has 0 fully saturated rings.